The van der Waals surface area contributed by atoms with Crippen molar-refractivity contribution in [1.29, 1.82) is 0 Å². The highest BCUT2D eigenvalue weighted by Gasteiger charge is 2.13. The van der Waals surface area contributed by atoms with Crippen molar-refractivity contribution in [2.24, 2.45) is 15.9 Å². The lowest BCUT2D eigenvalue weighted by molar-refractivity contribution is 0.0952. The summed E-state index contributed by atoms with van der Waals surface area (Å²) in [5.41, 5.74) is 4.50. The minimum atomic E-state index is -0.876. The Kier molecular flexibility index (Phi) is 12.2. The second-order valence-electron chi connectivity index (χ2n) is 10.6. The standard InChI is InChI=1S/C34H42F2N4O/c1-6-28-20-29(40-26(5)25(4)39-21-24(3)30-16-14-23(2)32(35)33(30)36)15-17-31(28)34(41)38-19-10-8-7-9-12-27-13-11-18-37-22-27/h11,14-18,20-22,27,40H,5-10,12-13,19H2,1-4H3,(H,38,41)/b24-21+,39-25?. The molecule has 2 aromatic carbocycles. The zero-order valence-corrected chi connectivity index (χ0v) is 24.7. The fraction of sp³-hybridized carbons (Fsp3) is 0.382. The van der Waals surface area contributed by atoms with Crippen LogP contribution in [-0.4, -0.2) is 24.4 Å². The van der Waals surface area contributed by atoms with Gasteiger partial charge in [-0.3, -0.25) is 14.8 Å². The van der Waals surface area contributed by atoms with Crippen LogP contribution in [0.3, 0.4) is 0 Å². The molecule has 3 rings (SSSR count). The first-order chi connectivity index (χ1) is 19.7. The minimum absolute atomic E-state index is 0.0597. The average Bonchev–Trinajstić information content (AvgIpc) is 2.98. The number of carbonyl (C=O) groups is 1. The predicted molar refractivity (Wildman–Crippen MR) is 168 cm³/mol. The number of unbranched alkanes of at least 4 members (excludes halogenated alkanes) is 3. The second kappa shape index (κ2) is 15.8. The molecule has 1 heterocycles. The molecule has 0 spiro atoms. The van der Waals surface area contributed by atoms with Gasteiger partial charge in [0.25, 0.3) is 5.91 Å². The molecule has 0 aromatic heterocycles. The largest absolute Gasteiger partial charge is 0.355 e. The summed E-state index contributed by atoms with van der Waals surface area (Å²) in [7, 11) is 0. The lowest BCUT2D eigenvalue weighted by atomic mass is 9.97. The van der Waals surface area contributed by atoms with Gasteiger partial charge in [0.2, 0.25) is 0 Å². The highest BCUT2D eigenvalue weighted by Crippen LogP contribution is 2.23. The van der Waals surface area contributed by atoms with Gasteiger partial charge in [0.1, 0.15) is 0 Å². The summed E-state index contributed by atoms with van der Waals surface area (Å²) in [4.78, 5) is 21.5. The highest BCUT2D eigenvalue weighted by atomic mass is 19.2. The highest BCUT2D eigenvalue weighted by molar-refractivity contribution is 6.01. The summed E-state index contributed by atoms with van der Waals surface area (Å²) >= 11 is 0. The molecular weight excluding hydrogens is 518 g/mol. The number of aliphatic imine (C=N–C) groups is 2. The summed E-state index contributed by atoms with van der Waals surface area (Å²) in [6.07, 6.45) is 14.9. The number of aryl methyl sites for hydroxylation is 2. The second-order valence-corrected chi connectivity index (χ2v) is 10.6. The zero-order chi connectivity index (χ0) is 29.8. The quantitative estimate of drug-likeness (QED) is 0.180. The molecule has 2 N–H and O–H groups in total. The molecule has 218 valence electrons. The summed E-state index contributed by atoms with van der Waals surface area (Å²) in [5, 5.41) is 6.30. The lowest BCUT2D eigenvalue weighted by Crippen LogP contribution is -2.25. The van der Waals surface area contributed by atoms with E-state index in [1.54, 1.807) is 26.0 Å². The number of allylic oxidation sites excluding steroid dienone is 3. The Morgan fingerprint density at radius 2 is 1.85 bits per heavy atom. The molecule has 41 heavy (non-hydrogen) atoms. The van der Waals surface area contributed by atoms with Crippen LogP contribution < -0.4 is 10.6 Å². The van der Waals surface area contributed by atoms with Gasteiger partial charge in [0.05, 0.1) is 11.4 Å². The fourth-order valence-electron chi connectivity index (χ4n) is 4.65. The van der Waals surface area contributed by atoms with Crippen LogP contribution in [0, 0.1) is 24.5 Å². The number of carbonyl (C=O) groups excluding carboxylic acids is 1. The molecule has 1 unspecified atom stereocenters. The zero-order valence-electron chi connectivity index (χ0n) is 24.7. The summed E-state index contributed by atoms with van der Waals surface area (Å²) in [6, 6.07) is 8.72. The molecule has 0 saturated heterocycles. The topological polar surface area (TPSA) is 65.8 Å². The van der Waals surface area contributed by atoms with Crippen LogP contribution >= 0.6 is 0 Å². The average molecular weight is 561 g/mol. The van der Waals surface area contributed by atoms with E-state index in [1.807, 2.05) is 31.3 Å². The Bertz CT molecular complexity index is 1360. The molecule has 1 aliphatic heterocycles. The Morgan fingerprint density at radius 1 is 1.10 bits per heavy atom. The van der Waals surface area contributed by atoms with Gasteiger partial charge in [-0.15, -0.1) is 0 Å². The number of benzene rings is 2. The van der Waals surface area contributed by atoms with Crippen LogP contribution in [0.25, 0.3) is 5.57 Å². The van der Waals surface area contributed by atoms with Gasteiger partial charge in [-0.25, -0.2) is 8.78 Å². The molecule has 0 radical (unpaired) electrons. The molecule has 0 saturated carbocycles. The summed E-state index contributed by atoms with van der Waals surface area (Å²) in [5.74, 6) is -1.21. The monoisotopic (exact) mass is 560 g/mol. The molecule has 0 fully saturated rings. The molecule has 7 heteroatoms. The van der Waals surface area contributed by atoms with E-state index in [2.05, 4.69) is 39.5 Å². The maximum absolute atomic E-state index is 14.3. The molecule has 1 aliphatic rings. The van der Waals surface area contributed by atoms with Gasteiger partial charge in [0.15, 0.2) is 11.6 Å². The van der Waals surface area contributed by atoms with Gasteiger partial charge in [-0.1, -0.05) is 51.0 Å². The van der Waals surface area contributed by atoms with Crippen molar-refractivity contribution >= 4 is 29.1 Å². The van der Waals surface area contributed by atoms with Gasteiger partial charge >= 0.3 is 0 Å². The Hall–Kier alpha value is -3.87. The number of amides is 1. The van der Waals surface area contributed by atoms with Crippen molar-refractivity contribution in [1.82, 2.24) is 5.32 Å². The number of hydrogen-bond acceptors (Lipinski definition) is 4. The Balaban J connectivity index is 1.49. The van der Waals surface area contributed by atoms with Crippen molar-refractivity contribution in [3.05, 3.63) is 95.0 Å². The summed E-state index contributed by atoms with van der Waals surface area (Å²) in [6.45, 7) is 11.7. The van der Waals surface area contributed by atoms with Crippen LogP contribution in [-0.2, 0) is 6.42 Å². The SMILES string of the molecule is C=C(Nc1ccc(C(=O)NCCCCCCC2C=NC=CC2)c(CC)c1)C(C)=N/C=C(\C)c1ccc(C)c(F)c1F. The first-order valence-corrected chi connectivity index (χ1v) is 14.4. The molecule has 1 amide bonds. The van der Waals surface area contributed by atoms with E-state index >= 15 is 0 Å². The molecule has 2 aromatic rings. The first-order valence-electron chi connectivity index (χ1n) is 14.4. The molecule has 0 bridgehead atoms. The van der Waals surface area contributed by atoms with Crippen LogP contribution in [0.15, 0.2) is 71.1 Å². The van der Waals surface area contributed by atoms with Crippen molar-refractivity contribution in [3.63, 3.8) is 0 Å². The number of anilines is 1. The van der Waals surface area contributed by atoms with Crippen LogP contribution in [0.1, 0.15) is 86.3 Å². The van der Waals surface area contributed by atoms with Crippen molar-refractivity contribution in [2.75, 3.05) is 11.9 Å². The molecule has 1 atom stereocenters. The minimum Gasteiger partial charge on any atom is -0.355 e. The fourth-order valence-corrected chi connectivity index (χ4v) is 4.65. The van der Waals surface area contributed by atoms with Gasteiger partial charge in [-0.05, 0) is 87.3 Å². The molecule has 5 nitrogen and oxygen atoms in total. The van der Waals surface area contributed by atoms with E-state index in [-0.39, 0.29) is 17.0 Å². The van der Waals surface area contributed by atoms with E-state index in [9.17, 15) is 13.6 Å². The van der Waals surface area contributed by atoms with Crippen LogP contribution in [0.5, 0.6) is 0 Å². The third kappa shape index (κ3) is 9.34. The molecule has 0 aliphatic carbocycles. The smallest absolute Gasteiger partial charge is 0.251 e. The van der Waals surface area contributed by atoms with E-state index in [0.717, 1.165) is 36.9 Å². The van der Waals surface area contributed by atoms with E-state index in [1.165, 1.54) is 26.0 Å². The van der Waals surface area contributed by atoms with Gasteiger partial charge < -0.3 is 10.6 Å². The van der Waals surface area contributed by atoms with Crippen LogP contribution in [0.2, 0.25) is 0 Å². The first kappa shape index (κ1) is 31.7. The maximum atomic E-state index is 14.3. The van der Waals surface area contributed by atoms with E-state index in [4.69, 9.17) is 0 Å². The number of rotatable bonds is 14. The normalized spacial score (nSPS) is 15.2. The predicted octanol–water partition coefficient (Wildman–Crippen LogP) is 8.57. The molecular formula is C34H42F2N4O. The van der Waals surface area contributed by atoms with E-state index < -0.39 is 11.6 Å². The third-order valence-corrected chi connectivity index (χ3v) is 7.33. The number of hydrogen-bond donors (Lipinski definition) is 2. The van der Waals surface area contributed by atoms with Crippen LogP contribution in [0.4, 0.5) is 14.5 Å². The van der Waals surface area contributed by atoms with Gasteiger partial charge in [0, 0.05) is 42.0 Å². The third-order valence-electron chi connectivity index (χ3n) is 7.33. The number of nitrogens with zero attached hydrogens (tertiary/aromatic N) is 2. The lowest BCUT2D eigenvalue weighted by Gasteiger charge is -2.14. The summed E-state index contributed by atoms with van der Waals surface area (Å²) < 4.78 is 28.2. The van der Waals surface area contributed by atoms with Crippen molar-refractivity contribution < 1.29 is 13.6 Å². The van der Waals surface area contributed by atoms with Gasteiger partial charge in [-0.2, -0.15) is 0 Å². The number of halogens is 2. The van der Waals surface area contributed by atoms with Crippen molar-refractivity contribution in [3.8, 4) is 0 Å². The van der Waals surface area contributed by atoms with Crippen molar-refractivity contribution in [2.45, 2.75) is 72.6 Å². The maximum Gasteiger partial charge on any atom is 0.251 e. The number of nitrogens with one attached hydrogen (secondary N) is 2. The van der Waals surface area contributed by atoms with E-state index in [0.29, 0.717) is 41.4 Å². The Labute approximate surface area is 243 Å². The Morgan fingerprint density at radius 3 is 2.59 bits per heavy atom.